The second-order valence-corrected chi connectivity index (χ2v) is 8.09. The predicted molar refractivity (Wildman–Crippen MR) is 113 cm³/mol. The Hall–Kier alpha value is -1.52. The highest BCUT2D eigenvalue weighted by atomic mass is 35.5. The molecule has 2 heterocycles. The van der Waals surface area contributed by atoms with Gasteiger partial charge >= 0.3 is 0 Å². The van der Waals surface area contributed by atoms with Gasteiger partial charge in [0.25, 0.3) is 0 Å². The molecule has 1 aromatic heterocycles. The second kappa shape index (κ2) is 8.24. The van der Waals surface area contributed by atoms with Crippen molar-refractivity contribution < 1.29 is 5.11 Å². The van der Waals surface area contributed by atoms with Crippen LogP contribution in [0.1, 0.15) is 29.9 Å². The van der Waals surface area contributed by atoms with Crippen molar-refractivity contribution in [3.8, 4) is 0 Å². The molecular weight excluding hydrogens is 379 g/mol. The van der Waals surface area contributed by atoms with Gasteiger partial charge in [-0.2, -0.15) is 0 Å². The standard InChI is InChI=1S/C22H24Cl2N2O/c23-19-5-3-6-20(24)22(19)16-8-10-25(11-9-16)14-17-15-26(12-13-27)21-7-2-1-4-18(17)21/h1-7,15-16,27H,8-14H2. The number of aliphatic hydroxyl groups excluding tert-OH is 1. The van der Waals surface area contributed by atoms with Gasteiger partial charge in [-0.05, 0) is 61.2 Å². The molecule has 0 bridgehead atoms. The van der Waals surface area contributed by atoms with Crippen molar-refractivity contribution in [1.82, 2.24) is 9.47 Å². The summed E-state index contributed by atoms with van der Waals surface area (Å²) in [6.07, 6.45) is 4.33. The fraction of sp³-hybridized carbons (Fsp3) is 0.364. The van der Waals surface area contributed by atoms with Gasteiger partial charge in [-0.1, -0.05) is 47.5 Å². The first-order valence-electron chi connectivity index (χ1n) is 9.51. The van der Waals surface area contributed by atoms with Gasteiger partial charge in [0.2, 0.25) is 0 Å². The molecular formula is C22H24Cl2N2O. The predicted octanol–water partition coefficient (Wildman–Crippen LogP) is 5.32. The fourth-order valence-corrected chi connectivity index (χ4v) is 4.97. The third-order valence-corrected chi connectivity index (χ3v) is 6.26. The Balaban J connectivity index is 1.48. The highest BCUT2D eigenvalue weighted by molar-refractivity contribution is 6.36. The van der Waals surface area contributed by atoms with E-state index in [1.807, 2.05) is 18.2 Å². The highest BCUT2D eigenvalue weighted by Crippen LogP contribution is 2.38. The van der Waals surface area contributed by atoms with E-state index in [0.717, 1.165) is 48.1 Å². The molecule has 0 radical (unpaired) electrons. The zero-order valence-electron chi connectivity index (χ0n) is 15.2. The highest BCUT2D eigenvalue weighted by Gasteiger charge is 2.24. The molecule has 3 aromatic rings. The van der Waals surface area contributed by atoms with Crippen LogP contribution in [0.2, 0.25) is 10.0 Å². The monoisotopic (exact) mass is 402 g/mol. The number of likely N-dealkylation sites (tertiary alicyclic amines) is 1. The zero-order valence-corrected chi connectivity index (χ0v) is 16.8. The summed E-state index contributed by atoms with van der Waals surface area (Å²) >= 11 is 12.8. The summed E-state index contributed by atoms with van der Waals surface area (Å²) in [4.78, 5) is 2.51. The second-order valence-electron chi connectivity index (χ2n) is 7.27. The average Bonchev–Trinajstić information content (AvgIpc) is 3.01. The van der Waals surface area contributed by atoms with Crippen molar-refractivity contribution in [3.05, 3.63) is 69.8 Å². The number of rotatable bonds is 5. The van der Waals surface area contributed by atoms with E-state index in [4.69, 9.17) is 23.2 Å². The van der Waals surface area contributed by atoms with E-state index in [-0.39, 0.29) is 6.61 Å². The molecule has 0 aliphatic carbocycles. The number of aliphatic hydroxyl groups is 1. The molecule has 5 heteroatoms. The summed E-state index contributed by atoms with van der Waals surface area (Å²) < 4.78 is 2.15. The molecule has 4 rings (SSSR count). The summed E-state index contributed by atoms with van der Waals surface area (Å²) in [5, 5.41) is 12.2. The van der Waals surface area contributed by atoms with Crippen molar-refractivity contribution in [2.75, 3.05) is 19.7 Å². The minimum Gasteiger partial charge on any atom is -0.395 e. The van der Waals surface area contributed by atoms with Crippen molar-refractivity contribution >= 4 is 34.1 Å². The minimum absolute atomic E-state index is 0.155. The smallest absolute Gasteiger partial charge is 0.0610 e. The molecule has 0 saturated carbocycles. The quantitative estimate of drug-likeness (QED) is 0.625. The summed E-state index contributed by atoms with van der Waals surface area (Å²) in [6, 6.07) is 14.2. The summed E-state index contributed by atoms with van der Waals surface area (Å²) in [6.45, 7) is 3.79. The van der Waals surface area contributed by atoms with Crippen molar-refractivity contribution in [2.24, 2.45) is 0 Å². The van der Waals surface area contributed by atoms with Crippen molar-refractivity contribution in [3.63, 3.8) is 0 Å². The summed E-state index contributed by atoms with van der Waals surface area (Å²) in [5.41, 5.74) is 3.63. The zero-order chi connectivity index (χ0) is 18.8. The number of fused-ring (bicyclic) bond motifs is 1. The maximum atomic E-state index is 9.34. The molecule has 1 saturated heterocycles. The molecule has 1 aliphatic rings. The summed E-state index contributed by atoms with van der Waals surface area (Å²) in [5.74, 6) is 0.429. The maximum absolute atomic E-state index is 9.34. The van der Waals surface area contributed by atoms with Gasteiger partial charge in [0.05, 0.1) is 6.61 Å². The number of hydrogen-bond acceptors (Lipinski definition) is 2. The van der Waals surface area contributed by atoms with E-state index in [9.17, 15) is 5.11 Å². The number of para-hydroxylation sites is 1. The van der Waals surface area contributed by atoms with Gasteiger partial charge in [0.15, 0.2) is 0 Å². The van der Waals surface area contributed by atoms with Crippen LogP contribution in [0.5, 0.6) is 0 Å². The molecule has 3 nitrogen and oxygen atoms in total. The van der Waals surface area contributed by atoms with E-state index in [1.54, 1.807) is 0 Å². The van der Waals surface area contributed by atoms with E-state index in [2.05, 4.69) is 39.9 Å². The molecule has 0 atom stereocenters. The number of hydrogen-bond donors (Lipinski definition) is 1. The number of aromatic nitrogens is 1. The molecule has 1 aliphatic heterocycles. The number of halogens is 2. The van der Waals surface area contributed by atoms with Gasteiger partial charge in [-0.15, -0.1) is 0 Å². The Labute approximate surface area is 170 Å². The number of piperidine rings is 1. The fourth-order valence-electron chi connectivity index (χ4n) is 4.26. The van der Waals surface area contributed by atoms with Crippen molar-refractivity contribution in [2.45, 2.75) is 31.8 Å². The number of benzene rings is 2. The van der Waals surface area contributed by atoms with Crippen LogP contribution in [-0.4, -0.2) is 34.3 Å². The lowest BCUT2D eigenvalue weighted by Gasteiger charge is -2.32. The Kier molecular flexibility index (Phi) is 5.74. The summed E-state index contributed by atoms with van der Waals surface area (Å²) in [7, 11) is 0. The Morgan fingerprint density at radius 3 is 2.37 bits per heavy atom. The molecule has 0 amide bonds. The molecule has 0 unspecified atom stereocenters. The third-order valence-electron chi connectivity index (χ3n) is 5.60. The first-order chi connectivity index (χ1) is 13.2. The molecule has 2 aromatic carbocycles. The molecule has 142 valence electrons. The maximum Gasteiger partial charge on any atom is 0.0610 e. The van der Waals surface area contributed by atoms with Gasteiger partial charge in [0, 0.05) is 40.2 Å². The van der Waals surface area contributed by atoms with Gasteiger partial charge in [0.1, 0.15) is 0 Å². The average molecular weight is 403 g/mol. The minimum atomic E-state index is 0.155. The normalized spacial score (nSPS) is 16.3. The van der Waals surface area contributed by atoms with Crippen LogP contribution in [0.25, 0.3) is 10.9 Å². The first-order valence-corrected chi connectivity index (χ1v) is 10.3. The van der Waals surface area contributed by atoms with E-state index < -0.39 is 0 Å². The lowest BCUT2D eigenvalue weighted by Crippen LogP contribution is -2.32. The van der Waals surface area contributed by atoms with Crippen LogP contribution in [-0.2, 0) is 13.1 Å². The van der Waals surface area contributed by atoms with E-state index >= 15 is 0 Å². The van der Waals surface area contributed by atoms with Crippen LogP contribution in [0.15, 0.2) is 48.7 Å². The molecule has 1 fully saturated rings. The van der Waals surface area contributed by atoms with Gasteiger partial charge in [-0.25, -0.2) is 0 Å². The van der Waals surface area contributed by atoms with Crippen LogP contribution >= 0.6 is 23.2 Å². The van der Waals surface area contributed by atoms with E-state index in [1.165, 1.54) is 16.5 Å². The lowest BCUT2D eigenvalue weighted by atomic mass is 9.89. The van der Waals surface area contributed by atoms with E-state index in [0.29, 0.717) is 12.5 Å². The van der Waals surface area contributed by atoms with Gasteiger partial charge < -0.3 is 9.67 Å². The molecule has 1 N–H and O–H groups in total. The van der Waals surface area contributed by atoms with Gasteiger partial charge in [-0.3, -0.25) is 4.90 Å². The third kappa shape index (κ3) is 3.88. The lowest BCUT2D eigenvalue weighted by molar-refractivity contribution is 0.205. The van der Waals surface area contributed by atoms with Crippen LogP contribution in [0.3, 0.4) is 0 Å². The van der Waals surface area contributed by atoms with Crippen LogP contribution in [0, 0.1) is 0 Å². The Morgan fingerprint density at radius 1 is 0.963 bits per heavy atom. The van der Waals surface area contributed by atoms with Crippen LogP contribution in [0.4, 0.5) is 0 Å². The topological polar surface area (TPSA) is 28.4 Å². The first kappa shape index (κ1) is 18.8. The Morgan fingerprint density at radius 2 is 1.67 bits per heavy atom. The number of nitrogens with zero attached hydrogens (tertiary/aromatic N) is 2. The van der Waals surface area contributed by atoms with Crippen LogP contribution < -0.4 is 0 Å². The SMILES string of the molecule is OCCn1cc(CN2CCC(c3c(Cl)cccc3Cl)CC2)c2ccccc21. The van der Waals surface area contributed by atoms with Crippen molar-refractivity contribution in [1.29, 1.82) is 0 Å². The Bertz CT molecular complexity index is 909. The molecule has 27 heavy (non-hydrogen) atoms. The molecule has 0 spiro atoms. The largest absolute Gasteiger partial charge is 0.395 e.